The standard InChI is InChI=1S/C16H19NO3S/c1-11(6-7-15(18)19)8-9-17-16(20)13-10-21-14-5-3-2-4-12(13)14/h2-5,10-11H,6-9H2,1H3,(H,17,20)(H,18,19). The monoisotopic (exact) mass is 305 g/mol. The van der Waals surface area contributed by atoms with Crippen LogP contribution in [-0.4, -0.2) is 23.5 Å². The second kappa shape index (κ2) is 7.22. The summed E-state index contributed by atoms with van der Waals surface area (Å²) in [5.74, 6) is -0.533. The van der Waals surface area contributed by atoms with Gasteiger partial charge in [0.05, 0.1) is 5.56 Å². The van der Waals surface area contributed by atoms with Crippen LogP contribution >= 0.6 is 11.3 Å². The van der Waals surface area contributed by atoms with Crippen LogP contribution in [0, 0.1) is 5.92 Å². The molecule has 1 unspecified atom stereocenters. The third-order valence-electron chi connectivity index (χ3n) is 3.50. The van der Waals surface area contributed by atoms with Crippen LogP contribution in [0.5, 0.6) is 0 Å². The van der Waals surface area contributed by atoms with Gasteiger partial charge in [0.2, 0.25) is 0 Å². The summed E-state index contributed by atoms with van der Waals surface area (Å²) in [6.45, 7) is 2.58. The van der Waals surface area contributed by atoms with E-state index in [0.717, 1.165) is 16.5 Å². The number of hydrogen-bond acceptors (Lipinski definition) is 3. The Morgan fingerprint density at radius 3 is 2.81 bits per heavy atom. The van der Waals surface area contributed by atoms with Crippen LogP contribution in [0.4, 0.5) is 0 Å². The van der Waals surface area contributed by atoms with E-state index in [-0.39, 0.29) is 12.3 Å². The largest absolute Gasteiger partial charge is 0.481 e. The SMILES string of the molecule is CC(CCNC(=O)c1csc2ccccc12)CCC(=O)O. The molecule has 1 aromatic heterocycles. The summed E-state index contributed by atoms with van der Waals surface area (Å²) in [5, 5.41) is 14.4. The molecule has 2 N–H and O–H groups in total. The van der Waals surface area contributed by atoms with E-state index in [1.54, 1.807) is 11.3 Å². The zero-order valence-corrected chi connectivity index (χ0v) is 12.8. The zero-order chi connectivity index (χ0) is 15.2. The Bertz CT molecular complexity index is 635. The molecule has 112 valence electrons. The number of carbonyl (C=O) groups is 2. The number of benzene rings is 1. The van der Waals surface area contributed by atoms with E-state index < -0.39 is 5.97 Å². The Kier molecular flexibility index (Phi) is 5.33. The molecule has 1 aromatic carbocycles. The summed E-state index contributed by atoms with van der Waals surface area (Å²) in [7, 11) is 0. The Morgan fingerprint density at radius 1 is 1.29 bits per heavy atom. The van der Waals surface area contributed by atoms with Crippen LogP contribution in [0.1, 0.15) is 36.5 Å². The van der Waals surface area contributed by atoms with E-state index in [1.165, 1.54) is 0 Å². The molecule has 2 rings (SSSR count). The summed E-state index contributed by atoms with van der Waals surface area (Å²) in [5.41, 5.74) is 0.716. The molecule has 21 heavy (non-hydrogen) atoms. The lowest BCUT2D eigenvalue weighted by Crippen LogP contribution is -2.25. The number of fused-ring (bicyclic) bond motifs is 1. The van der Waals surface area contributed by atoms with Crippen molar-refractivity contribution in [2.45, 2.75) is 26.2 Å². The van der Waals surface area contributed by atoms with Gasteiger partial charge in [0.15, 0.2) is 0 Å². The van der Waals surface area contributed by atoms with Crippen molar-refractivity contribution in [2.24, 2.45) is 5.92 Å². The van der Waals surface area contributed by atoms with Gasteiger partial charge in [0.1, 0.15) is 0 Å². The molecule has 1 heterocycles. The van der Waals surface area contributed by atoms with Crippen molar-refractivity contribution in [2.75, 3.05) is 6.54 Å². The molecule has 0 aliphatic carbocycles. The van der Waals surface area contributed by atoms with Crippen molar-refractivity contribution in [3.63, 3.8) is 0 Å². The number of nitrogens with one attached hydrogen (secondary N) is 1. The molecule has 0 bridgehead atoms. The highest BCUT2D eigenvalue weighted by molar-refractivity contribution is 7.17. The Morgan fingerprint density at radius 2 is 2.05 bits per heavy atom. The lowest BCUT2D eigenvalue weighted by atomic mass is 10.0. The van der Waals surface area contributed by atoms with E-state index >= 15 is 0 Å². The fourth-order valence-corrected chi connectivity index (χ4v) is 3.14. The number of carboxylic acids is 1. The van der Waals surface area contributed by atoms with Gasteiger partial charge in [-0.25, -0.2) is 0 Å². The maximum Gasteiger partial charge on any atom is 0.303 e. The van der Waals surface area contributed by atoms with E-state index in [2.05, 4.69) is 5.32 Å². The first kappa shape index (κ1) is 15.5. The number of rotatable bonds is 7. The molecule has 1 atom stereocenters. The minimum atomic E-state index is -0.768. The third kappa shape index (κ3) is 4.29. The molecule has 0 fully saturated rings. The lowest BCUT2D eigenvalue weighted by molar-refractivity contribution is -0.137. The van der Waals surface area contributed by atoms with Crippen LogP contribution in [0.3, 0.4) is 0 Å². The fourth-order valence-electron chi connectivity index (χ4n) is 2.20. The molecule has 2 aromatic rings. The quantitative estimate of drug-likeness (QED) is 0.822. The molecule has 0 saturated carbocycles. The summed E-state index contributed by atoms with van der Waals surface area (Å²) in [4.78, 5) is 22.7. The van der Waals surface area contributed by atoms with Crippen LogP contribution in [0.15, 0.2) is 29.6 Å². The molecular weight excluding hydrogens is 286 g/mol. The molecule has 1 amide bonds. The van der Waals surface area contributed by atoms with Crippen molar-refractivity contribution in [1.82, 2.24) is 5.32 Å². The van der Waals surface area contributed by atoms with Crippen molar-refractivity contribution in [3.8, 4) is 0 Å². The van der Waals surface area contributed by atoms with Crippen molar-refractivity contribution >= 4 is 33.3 Å². The van der Waals surface area contributed by atoms with Crippen LogP contribution in [0.2, 0.25) is 0 Å². The van der Waals surface area contributed by atoms with E-state index in [1.807, 2.05) is 36.6 Å². The second-order valence-corrected chi connectivity index (χ2v) is 6.14. The molecule has 5 heteroatoms. The number of carbonyl (C=O) groups excluding carboxylic acids is 1. The first-order valence-electron chi connectivity index (χ1n) is 7.04. The highest BCUT2D eigenvalue weighted by Gasteiger charge is 2.12. The van der Waals surface area contributed by atoms with Gasteiger partial charge in [-0.3, -0.25) is 9.59 Å². The predicted molar refractivity (Wildman–Crippen MR) is 84.8 cm³/mol. The van der Waals surface area contributed by atoms with Crippen molar-refractivity contribution < 1.29 is 14.7 Å². The van der Waals surface area contributed by atoms with Gasteiger partial charge in [0, 0.05) is 28.4 Å². The number of aliphatic carboxylic acids is 1. The van der Waals surface area contributed by atoms with Crippen LogP contribution in [0.25, 0.3) is 10.1 Å². The van der Waals surface area contributed by atoms with Gasteiger partial charge in [-0.05, 0) is 24.8 Å². The molecule has 0 radical (unpaired) electrons. The molecule has 0 aliphatic heterocycles. The molecule has 0 spiro atoms. The van der Waals surface area contributed by atoms with E-state index in [0.29, 0.717) is 24.4 Å². The van der Waals surface area contributed by atoms with Crippen molar-refractivity contribution in [1.29, 1.82) is 0 Å². The van der Waals surface area contributed by atoms with Gasteiger partial charge in [-0.1, -0.05) is 25.1 Å². The summed E-state index contributed by atoms with van der Waals surface area (Å²) in [6.07, 6.45) is 1.62. The minimum Gasteiger partial charge on any atom is -0.481 e. The number of thiophene rings is 1. The topological polar surface area (TPSA) is 66.4 Å². The first-order valence-corrected chi connectivity index (χ1v) is 7.92. The zero-order valence-electron chi connectivity index (χ0n) is 12.0. The summed E-state index contributed by atoms with van der Waals surface area (Å²) >= 11 is 1.57. The van der Waals surface area contributed by atoms with Crippen molar-refractivity contribution in [3.05, 3.63) is 35.2 Å². The van der Waals surface area contributed by atoms with Gasteiger partial charge >= 0.3 is 5.97 Å². The summed E-state index contributed by atoms with van der Waals surface area (Å²) < 4.78 is 1.11. The van der Waals surface area contributed by atoms with Gasteiger partial charge in [-0.2, -0.15) is 0 Å². The lowest BCUT2D eigenvalue weighted by Gasteiger charge is -2.10. The van der Waals surface area contributed by atoms with E-state index in [4.69, 9.17) is 5.11 Å². The van der Waals surface area contributed by atoms with Crippen LogP contribution in [-0.2, 0) is 4.79 Å². The normalized spacial score (nSPS) is 12.2. The number of carboxylic acid groups (broad SMARTS) is 1. The van der Waals surface area contributed by atoms with Gasteiger partial charge < -0.3 is 10.4 Å². The number of hydrogen-bond donors (Lipinski definition) is 2. The maximum absolute atomic E-state index is 12.2. The third-order valence-corrected chi connectivity index (χ3v) is 4.46. The highest BCUT2D eigenvalue weighted by atomic mass is 32.1. The second-order valence-electron chi connectivity index (χ2n) is 5.23. The first-order chi connectivity index (χ1) is 10.1. The molecular formula is C16H19NO3S. The number of amides is 1. The Balaban J connectivity index is 1.83. The average molecular weight is 305 g/mol. The molecule has 4 nitrogen and oxygen atoms in total. The van der Waals surface area contributed by atoms with Gasteiger partial charge in [-0.15, -0.1) is 11.3 Å². The fraction of sp³-hybridized carbons (Fsp3) is 0.375. The van der Waals surface area contributed by atoms with E-state index in [9.17, 15) is 9.59 Å². The Hall–Kier alpha value is -1.88. The summed E-state index contributed by atoms with van der Waals surface area (Å²) in [6, 6.07) is 7.85. The minimum absolute atomic E-state index is 0.0575. The van der Waals surface area contributed by atoms with Crippen LogP contribution < -0.4 is 5.32 Å². The highest BCUT2D eigenvalue weighted by Crippen LogP contribution is 2.25. The maximum atomic E-state index is 12.2. The Labute approximate surface area is 127 Å². The molecule has 0 aliphatic rings. The predicted octanol–water partition coefficient (Wildman–Crippen LogP) is 3.52. The van der Waals surface area contributed by atoms with Gasteiger partial charge in [0.25, 0.3) is 5.91 Å². The average Bonchev–Trinajstić information content (AvgIpc) is 2.89. The smallest absolute Gasteiger partial charge is 0.303 e. The molecule has 0 saturated heterocycles.